The van der Waals surface area contributed by atoms with Crippen molar-refractivity contribution in [2.45, 2.75) is 6.92 Å². The highest BCUT2D eigenvalue weighted by Crippen LogP contribution is 2.22. The molecule has 0 saturated heterocycles. The summed E-state index contributed by atoms with van der Waals surface area (Å²) < 4.78 is 10.6. The second-order valence-corrected chi connectivity index (χ2v) is 5.43. The van der Waals surface area contributed by atoms with E-state index in [1.807, 2.05) is 0 Å². The smallest absolute Gasteiger partial charge is 0.338 e. The number of furan rings is 1. The van der Waals surface area contributed by atoms with Gasteiger partial charge < -0.3 is 9.15 Å². The van der Waals surface area contributed by atoms with E-state index < -0.39 is 0 Å². The van der Waals surface area contributed by atoms with Crippen LogP contribution in [0.5, 0.6) is 0 Å². The molecule has 27 heavy (non-hydrogen) atoms. The third kappa shape index (κ3) is 4.66. The molecule has 7 nitrogen and oxygen atoms in total. The molecule has 1 N–H and O–H groups in total. The molecule has 0 spiro atoms. The Balaban J connectivity index is 1.63. The maximum absolute atomic E-state index is 11.9. The third-order valence-electron chi connectivity index (χ3n) is 3.61. The number of rotatable bonds is 6. The van der Waals surface area contributed by atoms with Crippen LogP contribution in [0.4, 0.5) is 0 Å². The first kappa shape index (κ1) is 18.1. The number of benzene rings is 1. The van der Waals surface area contributed by atoms with Gasteiger partial charge in [-0.2, -0.15) is 5.10 Å². The van der Waals surface area contributed by atoms with Crippen LogP contribution in [0.3, 0.4) is 0 Å². The number of pyridine rings is 1. The van der Waals surface area contributed by atoms with Gasteiger partial charge in [-0.1, -0.05) is 12.1 Å². The Morgan fingerprint density at radius 2 is 1.81 bits per heavy atom. The third-order valence-corrected chi connectivity index (χ3v) is 3.61. The number of nitrogens with zero attached hydrogens (tertiary/aromatic N) is 2. The van der Waals surface area contributed by atoms with E-state index in [0.29, 0.717) is 29.3 Å². The van der Waals surface area contributed by atoms with Crippen LogP contribution < -0.4 is 5.43 Å². The van der Waals surface area contributed by atoms with Crippen LogP contribution in [0, 0.1) is 0 Å². The summed E-state index contributed by atoms with van der Waals surface area (Å²) in [7, 11) is 0. The molecule has 0 unspecified atom stereocenters. The molecule has 0 saturated carbocycles. The Labute approximate surface area is 155 Å². The Hall–Kier alpha value is -3.74. The molecular formula is C20H17N3O4. The highest BCUT2D eigenvalue weighted by atomic mass is 16.5. The molecule has 0 fully saturated rings. The maximum atomic E-state index is 11.9. The number of hydrazone groups is 1. The zero-order valence-electron chi connectivity index (χ0n) is 14.6. The second kappa shape index (κ2) is 8.57. The number of carbonyl (C=O) groups excluding carboxylic acids is 2. The molecular weight excluding hydrogens is 346 g/mol. The van der Waals surface area contributed by atoms with Gasteiger partial charge in [0, 0.05) is 23.5 Å². The van der Waals surface area contributed by atoms with Crippen LogP contribution in [-0.2, 0) is 4.74 Å². The summed E-state index contributed by atoms with van der Waals surface area (Å²) in [5, 5.41) is 3.88. The lowest BCUT2D eigenvalue weighted by Gasteiger charge is -2.02. The molecule has 7 heteroatoms. The highest BCUT2D eigenvalue weighted by molar-refractivity contribution is 5.94. The Morgan fingerprint density at radius 3 is 2.52 bits per heavy atom. The van der Waals surface area contributed by atoms with Crippen LogP contribution in [-0.4, -0.2) is 29.7 Å². The van der Waals surface area contributed by atoms with Crippen LogP contribution in [0.2, 0.25) is 0 Å². The molecule has 2 aromatic heterocycles. The van der Waals surface area contributed by atoms with Gasteiger partial charge in [-0.15, -0.1) is 0 Å². The van der Waals surface area contributed by atoms with Crippen LogP contribution in [0.1, 0.15) is 33.4 Å². The van der Waals surface area contributed by atoms with Crippen molar-refractivity contribution in [3.05, 3.63) is 77.8 Å². The summed E-state index contributed by atoms with van der Waals surface area (Å²) in [6.45, 7) is 2.09. The number of amides is 1. The first-order valence-electron chi connectivity index (χ1n) is 8.28. The van der Waals surface area contributed by atoms with Gasteiger partial charge in [0.1, 0.15) is 11.5 Å². The Kier molecular flexibility index (Phi) is 5.73. The van der Waals surface area contributed by atoms with Gasteiger partial charge in [0.15, 0.2) is 0 Å². The van der Waals surface area contributed by atoms with E-state index in [-0.39, 0.29) is 11.9 Å². The summed E-state index contributed by atoms with van der Waals surface area (Å²) in [4.78, 5) is 27.4. The minimum absolute atomic E-state index is 0.333. The van der Waals surface area contributed by atoms with E-state index in [2.05, 4.69) is 15.5 Å². The van der Waals surface area contributed by atoms with Crippen molar-refractivity contribution in [1.29, 1.82) is 0 Å². The second-order valence-electron chi connectivity index (χ2n) is 5.43. The fraction of sp³-hybridized carbons (Fsp3) is 0.100. The molecule has 0 aliphatic rings. The van der Waals surface area contributed by atoms with Crippen molar-refractivity contribution in [2.75, 3.05) is 6.61 Å². The zero-order chi connectivity index (χ0) is 19.1. The Bertz CT molecular complexity index is 947. The lowest BCUT2D eigenvalue weighted by molar-refractivity contribution is 0.0526. The summed E-state index contributed by atoms with van der Waals surface area (Å²) in [5.74, 6) is 0.401. The standard InChI is InChI=1S/C20H17N3O4/c1-2-26-20(25)16-5-3-14(4-6-16)18-8-7-17(27-18)13-22-23-19(24)15-9-11-21-12-10-15/h3-13H,2H2,1H3,(H,23,24). The van der Waals surface area contributed by atoms with Gasteiger partial charge in [-0.05, 0) is 43.3 Å². The number of carbonyl (C=O) groups is 2. The fourth-order valence-electron chi connectivity index (χ4n) is 2.28. The van der Waals surface area contributed by atoms with Crippen molar-refractivity contribution in [2.24, 2.45) is 5.10 Å². The number of esters is 1. The van der Waals surface area contributed by atoms with Gasteiger partial charge in [-0.25, -0.2) is 10.2 Å². The average Bonchev–Trinajstić information content (AvgIpc) is 3.18. The molecule has 0 atom stereocenters. The normalized spacial score (nSPS) is 10.7. The van der Waals surface area contributed by atoms with E-state index in [4.69, 9.17) is 9.15 Å². The van der Waals surface area contributed by atoms with Crippen molar-refractivity contribution >= 4 is 18.1 Å². The van der Waals surface area contributed by atoms with E-state index >= 15 is 0 Å². The summed E-state index contributed by atoms with van der Waals surface area (Å²) in [5.41, 5.74) is 4.17. The topological polar surface area (TPSA) is 93.8 Å². The molecule has 136 valence electrons. The predicted octanol–water partition coefficient (Wildman–Crippen LogP) is 3.28. The molecule has 0 aliphatic heterocycles. The van der Waals surface area contributed by atoms with E-state index in [1.165, 1.54) is 18.6 Å². The summed E-state index contributed by atoms with van der Waals surface area (Å²) in [6, 6.07) is 13.6. The van der Waals surface area contributed by atoms with Crippen LogP contribution in [0.25, 0.3) is 11.3 Å². The maximum Gasteiger partial charge on any atom is 0.338 e. The van der Waals surface area contributed by atoms with Crippen molar-refractivity contribution < 1.29 is 18.7 Å². The monoisotopic (exact) mass is 363 g/mol. The van der Waals surface area contributed by atoms with Gasteiger partial charge in [-0.3, -0.25) is 9.78 Å². The lowest BCUT2D eigenvalue weighted by Crippen LogP contribution is -2.17. The molecule has 1 amide bonds. The van der Waals surface area contributed by atoms with E-state index in [9.17, 15) is 9.59 Å². The SMILES string of the molecule is CCOC(=O)c1ccc(-c2ccc(C=NNC(=O)c3ccncc3)o2)cc1. The van der Waals surface area contributed by atoms with Gasteiger partial charge >= 0.3 is 5.97 Å². The average molecular weight is 363 g/mol. The van der Waals surface area contributed by atoms with Crippen LogP contribution in [0.15, 0.2) is 70.4 Å². The van der Waals surface area contributed by atoms with E-state index in [1.54, 1.807) is 55.5 Å². The quantitative estimate of drug-likeness (QED) is 0.412. The van der Waals surface area contributed by atoms with Crippen molar-refractivity contribution in [1.82, 2.24) is 10.4 Å². The fourth-order valence-corrected chi connectivity index (χ4v) is 2.28. The van der Waals surface area contributed by atoms with E-state index in [0.717, 1.165) is 5.56 Å². The number of ether oxygens (including phenoxy) is 1. The summed E-state index contributed by atoms with van der Waals surface area (Å²) in [6.07, 6.45) is 4.48. The number of nitrogens with one attached hydrogen (secondary N) is 1. The predicted molar refractivity (Wildman–Crippen MR) is 99.4 cm³/mol. The molecule has 3 rings (SSSR count). The summed E-state index contributed by atoms with van der Waals surface area (Å²) >= 11 is 0. The number of hydrogen-bond acceptors (Lipinski definition) is 6. The zero-order valence-corrected chi connectivity index (χ0v) is 14.6. The minimum atomic E-state index is -0.360. The molecule has 0 bridgehead atoms. The number of hydrogen-bond donors (Lipinski definition) is 1. The highest BCUT2D eigenvalue weighted by Gasteiger charge is 2.08. The molecule has 0 radical (unpaired) electrons. The van der Waals surface area contributed by atoms with Gasteiger partial charge in [0.25, 0.3) is 5.91 Å². The minimum Gasteiger partial charge on any atom is -0.462 e. The van der Waals surface area contributed by atoms with Crippen molar-refractivity contribution in [3.63, 3.8) is 0 Å². The molecule has 2 heterocycles. The first-order valence-corrected chi connectivity index (χ1v) is 8.28. The van der Waals surface area contributed by atoms with Crippen molar-refractivity contribution in [3.8, 4) is 11.3 Å². The van der Waals surface area contributed by atoms with Gasteiger partial charge in [0.05, 0.1) is 18.4 Å². The van der Waals surface area contributed by atoms with Gasteiger partial charge in [0.2, 0.25) is 0 Å². The first-order chi connectivity index (χ1) is 13.2. The molecule has 3 aromatic rings. The van der Waals surface area contributed by atoms with Crippen LogP contribution >= 0.6 is 0 Å². The largest absolute Gasteiger partial charge is 0.462 e. The molecule has 1 aromatic carbocycles. The Morgan fingerprint density at radius 1 is 1.07 bits per heavy atom. The molecule has 0 aliphatic carbocycles. The number of aromatic nitrogens is 1. The lowest BCUT2D eigenvalue weighted by atomic mass is 10.1.